The third-order valence-corrected chi connectivity index (χ3v) is 3.09. The van der Waals surface area contributed by atoms with E-state index in [-0.39, 0.29) is 24.3 Å². The van der Waals surface area contributed by atoms with Crippen LogP contribution in [0.2, 0.25) is 5.02 Å². The van der Waals surface area contributed by atoms with Crippen molar-refractivity contribution in [3.05, 3.63) is 34.9 Å². The Morgan fingerprint density at radius 2 is 1.95 bits per heavy atom. The van der Waals surface area contributed by atoms with Gasteiger partial charge in [-0.05, 0) is 51.3 Å². The van der Waals surface area contributed by atoms with Crippen molar-refractivity contribution < 1.29 is 9.53 Å². The summed E-state index contributed by atoms with van der Waals surface area (Å²) >= 11 is 6.15. The molecular weight excluding hydrogens is 297 g/mol. The van der Waals surface area contributed by atoms with Crippen molar-refractivity contribution in [3.8, 4) is 0 Å². The fourth-order valence-electron chi connectivity index (χ4n) is 1.89. The Balaban J connectivity index is 0.00000361. The number of halogens is 2. The van der Waals surface area contributed by atoms with E-state index in [2.05, 4.69) is 0 Å². The first kappa shape index (κ1) is 19.2. The SMILES string of the molecule is CC(C)(C)OC(=O)CCC(CN)c1ccccc1Cl.Cl. The zero-order valence-electron chi connectivity index (χ0n) is 12.2. The number of carbonyl (C=O) groups excluding carboxylic acids is 1. The number of ether oxygens (including phenoxy) is 1. The lowest BCUT2D eigenvalue weighted by molar-refractivity contribution is -0.155. The van der Waals surface area contributed by atoms with Crippen LogP contribution in [-0.2, 0) is 9.53 Å². The maximum atomic E-state index is 11.7. The summed E-state index contributed by atoms with van der Waals surface area (Å²) in [7, 11) is 0. The van der Waals surface area contributed by atoms with Crippen LogP contribution in [0.5, 0.6) is 0 Å². The van der Waals surface area contributed by atoms with Gasteiger partial charge in [-0.25, -0.2) is 0 Å². The third kappa shape index (κ3) is 6.60. The van der Waals surface area contributed by atoms with Gasteiger partial charge in [0.2, 0.25) is 0 Å². The fraction of sp³-hybridized carbons (Fsp3) is 0.533. The average molecular weight is 320 g/mol. The first-order valence-corrected chi connectivity index (χ1v) is 6.87. The lowest BCUT2D eigenvalue weighted by Gasteiger charge is -2.21. The van der Waals surface area contributed by atoms with E-state index in [1.807, 2.05) is 45.0 Å². The molecule has 0 aliphatic heterocycles. The topological polar surface area (TPSA) is 52.3 Å². The van der Waals surface area contributed by atoms with Crippen LogP contribution in [-0.4, -0.2) is 18.1 Å². The van der Waals surface area contributed by atoms with Gasteiger partial charge in [-0.1, -0.05) is 29.8 Å². The molecule has 0 radical (unpaired) electrons. The molecule has 0 bridgehead atoms. The first-order valence-electron chi connectivity index (χ1n) is 6.50. The smallest absolute Gasteiger partial charge is 0.306 e. The van der Waals surface area contributed by atoms with Gasteiger partial charge < -0.3 is 10.5 Å². The lowest BCUT2D eigenvalue weighted by Crippen LogP contribution is -2.24. The maximum absolute atomic E-state index is 11.7. The van der Waals surface area contributed by atoms with Gasteiger partial charge >= 0.3 is 5.97 Å². The van der Waals surface area contributed by atoms with Crippen LogP contribution in [0.15, 0.2) is 24.3 Å². The van der Waals surface area contributed by atoms with Gasteiger partial charge in [0, 0.05) is 11.4 Å². The normalized spacial score (nSPS) is 12.4. The van der Waals surface area contributed by atoms with Gasteiger partial charge in [-0.15, -0.1) is 12.4 Å². The van der Waals surface area contributed by atoms with Crippen molar-refractivity contribution in [1.29, 1.82) is 0 Å². The molecule has 5 heteroatoms. The Morgan fingerprint density at radius 3 is 2.45 bits per heavy atom. The van der Waals surface area contributed by atoms with Gasteiger partial charge in [0.15, 0.2) is 0 Å². The zero-order chi connectivity index (χ0) is 14.5. The molecule has 0 fully saturated rings. The second-order valence-electron chi connectivity index (χ2n) is 5.58. The first-order chi connectivity index (χ1) is 8.83. The second-order valence-corrected chi connectivity index (χ2v) is 5.99. The van der Waals surface area contributed by atoms with E-state index in [0.717, 1.165) is 5.56 Å². The van der Waals surface area contributed by atoms with Gasteiger partial charge in [-0.2, -0.15) is 0 Å². The summed E-state index contributed by atoms with van der Waals surface area (Å²) in [5.41, 5.74) is 6.33. The van der Waals surface area contributed by atoms with E-state index in [0.29, 0.717) is 24.4 Å². The Hall–Kier alpha value is -0.770. The molecule has 1 aromatic carbocycles. The highest BCUT2D eigenvalue weighted by atomic mass is 35.5. The summed E-state index contributed by atoms with van der Waals surface area (Å²) < 4.78 is 5.29. The monoisotopic (exact) mass is 319 g/mol. The molecule has 20 heavy (non-hydrogen) atoms. The Bertz CT molecular complexity index is 430. The summed E-state index contributed by atoms with van der Waals surface area (Å²) in [6.07, 6.45) is 1.000. The van der Waals surface area contributed by atoms with Gasteiger partial charge in [0.1, 0.15) is 5.60 Å². The van der Waals surface area contributed by atoms with E-state index in [1.54, 1.807) is 0 Å². The van der Waals surface area contributed by atoms with Crippen LogP contribution in [0.1, 0.15) is 45.1 Å². The van der Waals surface area contributed by atoms with E-state index in [4.69, 9.17) is 22.1 Å². The maximum Gasteiger partial charge on any atom is 0.306 e. The molecule has 0 amide bonds. The molecule has 114 valence electrons. The molecule has 0 spiro atoms. The predicted molar refractivity (Wildman–Crippen MR) is 85.6 cm³/mol. The molecule has 0 aromatic heterocycles. The molecule has 0 heterocycles. The average Bonchev–Trinajstić information content (AvgIpc) is 2.29. The van der Waals surface area contributed by atoms with Crippen molar-refractivity contribution in [1.82, 2.24) is 0 Å². The minimum absolute atomic E-state index is 0. The number of hydrogen-bond acceptors (Lipinski definition) is 3. The number of esters is 1. The molecule has 1 atom stereocenters. The largest absolute Gasteiger partial charge is 0.460 e. The molecule has 0 aliphatic carbocycles. The standard InChI is InChI=1S/C15H22ClNO2.ClH/c1-15(2,3)19-14(18)9-8-11(10-17)12-6-4-5-7-13(12)16;/h4-7,11H,8-10,17H2,1-3H3;1H. The Labute approximate surface area is 132 Å². The highest BCUT2D eigenvalue weighted by molar-refractivity contribution is 6.31. The van der Waals surface area contributed by atoms with Crippen LogP contribution in [0.25, 0.3) is 0 Å². The summed E-state index contributed by atoms with van der Waals surface area (Å²) in [6.45, 7) is 6.05. The minimum Gasteiger partial charge on any atom is -0.460 e. The van der Waals surface area contributed by atoms with E-state index in [1.165, 1.54) is 0 Å². The summed E-state index contributed by atoms with van der Waals surface area (Å²) in [4.78, 5) is 11.7. The van der Waals surface area contributed by atoms with Crippen molar-refractivity contribution in [2.24, 2.45) is 5.73 Å². The van der Waals surface area contributed by atoms with Crippen LogP contribution < -0.4 is 5.73 Å². The lowest BCUT2D eigenvalue weighted by atomic mass is 9.94. The highest BCUT2D eigenvalue weighted by Gasteiger charge is 2.19. The number of rotatable bonds is 5. The molecule has 1 rings (SSSR count). The predicted octanol–water partition coefficient (Wildman–Crippen LogP) is 3.93. The van der Waals surface area contributed by atoms with Gasteiger partial charge in [-0.3, -0.25) is 4.79 Å². The summed E-state index contributed by atoms with van der Waals surface area (Å²) in [5.74, 6) is -0.112. The zero-order valence-corrected chi connectivity index (χ0v) is 13.8. The quantitative estimate of drug-likeness (QED) is 0.837. The molecular formula is C15H23Cl2NO2. The van der Waals surface area contributed by atoms with Crippen molar-refractivity contribution in [2.45, 2.75) is 45.1 Å². The van der Waals surface area contributed by atoms with E-state index >= 15 is 0 Å². The summed E-state index contributed by atoms with van der Waals surface area (Å²) in [6, 6.07) is 7.60. The molecule has 3 nitrogen and oxygen atoms in total. The van der Waals surface area contributed by atoms with Crippen molar-refractivity contribution in [2.75, 3.05) is 6.54 Å². The number of hydrogen-bond donors (Lipinski definition) is 1. The van der Waals surface area contributed by atoms with Crippen LogP contribution in [0.3, 0.4) is 0 Å². The molecule has 0 saturated heterocycles. The number of benzene rings is 1. The molecule has 1 unspecified atom stereocenters. The molecule has 0 saturated carbocycles. The second kappa shape index (κ2) is 8.50. The Kier molecular flexibility index (Phi) is 8.17. The molecule has 1 aromatic rings. The third-order valence-electron chi connectivity index (χ3n) is 2.75. The summed E-state index contributed by atoms with van der Waals surface area (Å²) in [5, 5.41) is 0.696. The van der Waals surface area contributed by atoms with Gasteiger partial charge in [0.25, 0.3) is 0 Å². The van der Waals surface area contributed by atoms with E-state index < -0.39 is 5.60 Å². The highest BCUT2D eigenvalue weighted by Crippen LogP contribution is 2.27. The van der Waals surface area contributed by atoms with E-state index in [9.17, 15) is 4.79 Å². The van der Waals surface area contributed by atoms with Crippen molar-refractivity contribution >= 4 is 30.0 Å². The van der Waals surface area contributed by atoms with Crippen LogP contribution >= 0.6 is 24.0 Å². The molecule has 2 N–H and O–H groups in total. The van der Waals surface area contributed by atoms with Crippen LogP contribution in [0, 0.1) is 0 Å². The Morgan fingerprint density at radius 1 is 1.35 bits per heavy atom. The molecule has 0 aliphatic rings. The van der Waals surface area contributed by atoms with Gasteiger partial charge in [0.05, 0.1) is 0 Å². The van der Waals surface area contributed by atoms with Crippen LogP contribution in [0.4, 0.5) is 0 Å². The fourth-order valence-corrected chi connectivity index (χ4v) is 2.18. The van der Waals surface area contributed by atoms with Crippen molar-refractivity contribution in [3.63, 3.8) is 0 Å². The number of carbonyl (C=O) groups is 1. The minimum atomic E-state index is -0.445. The number of nitrogens with two attached hydrogens (primary N) is 1.